The van der Waals surface area contributed by atoms with Crippen molar-refractivity contribution in [2.45, 2.75) is 25.4 Å². The number of halogens is 1. The van der Waals surface area contributed by atoms with Crippen LogP contribution in [0.25, 0.3) is 10.8 Å². The summed E-state index contributed by atoms with van der Waals surface area (Å²) in [6, 6.07) is 16.0. The minimum atomic E-state index is -0.421. The van der Waals surface area contributed by atoms with Crippen molar-refractivity contribution in [2.24, 2.45) is 5.10 Å². The predicted octanol–water partition coefficient (Wildman–Crippen LogP) is 4.91. The van der Waals surface area contributed by atoms with E-state index in [-0.39, 0.29) is 16.9 Å². The van der Waals surface area contributed by atoms with Crippen LogP contribution in [0.1, 0.15) is 35.2 Å². The van der Waals surface area contributed by atoms with E-state index in [1.165, 1.54) is 24.6 Å². The normalized spacial score (nSPS) is 16.5. The maximum atomic E-state index is 12.3. The monoisotopic (exact) mass is 438 g/mol. The molecule has 1 fully saturated rings. The predicted molar refractivity (Wildman–Crippen MR) is 121 cm³/mol. The molecule has 3 aromatic rings. The fraction of sp³-hybridized carbons (Fsp3) is 0.250. The molecule has 1 unspecified atom stereocenters. The molecule has 0 bridgehead atoms. The summed E-state index contributed by atoms with van der Waals surface area (Å²) in [6.45, 7) is 1.33. The van der Waals surface area contributed by atoms with Crippen molar-refractivity contribution in [1.29, 1.82) is 0 Å². The van der Waals surface area contributed by atoms with Crippen molar-refractivity contribution in [1.82, 2.24) is 5.43 Å². The van der Waals surface area contributed by atoms with Crippen LogP contribution in [0.4, 0.5) is 0 Å². The van der Waals surface area contributed by atoms with Crippen molar-refractivity contribution in [3.05, 3.63) is 70.7 Å². The average molecular weight is 439 g/mol. The Hall–Kier alpha value is -3.09. The van der Waals surface area contributed by atoms with Gasteiger partial charge in [0.2, 0.25) is 0 Å². The summed E-state index contributed by atoms with van der Waals surface area (Å²) in [7, 11) is 0. The van der Waals surface area contributed by atoms with Gasteiger partial charge in [-0.25, -0.2) is 5.43 Å². The summed E-state index contributed by atoms with van der Waals surface area (Å²) in [5, 5.41) is 15.6. The maximum Gasteiger partial charge on any atom is 0.271 e. The van der Waals surface area contributed by atoms with Gasteiger partial charge >= 0.3 is 0 Å². The standard InChI is InChI=1S/C24H23ClN2O4/c25-21-13-16(8-10-22(21)28)24(29)27-26-14-17-9-11-23(20-7-2-1-6-19(17)20)31-15-18-5-3-4-12-30-18/h1-2,6-11,13-14,18,28H,3-5,12,15H2,(H,27,29). The minimum Gasteiger partial charge on any atom is -0.506 e. The fourth-order valence-corrected chi connectivity index (χ4v) is 3.71. The maximum absolute atomic E-state index is 12.3. The average Bonchev–Trinajstić information content (AvgIpc) is 2.80. The number of fused-ring (bicyclic) bond motifs is 1. The molecular weight excluding hydrogens is 416 g/mol. The highest BCUT2D eigenvalue weighted by atomic mass is 35.5. The number of hydrogen-bond donors (Lipinski definition) is 2. The molecule has 160 valence electrons. The molecule has 2 N–H and O–H groups in total. The molecule has 1 aliphatic rings. The Morgan fingerprint density at radius 1 is 1.19 bits per heavy atom. The summed E-state index contributed by atoms with van der Waals surface area (Å²) < 4.78 is 11.8. The van der Waals surface area contributed by atoms with Gasteiger partial charge in [0, 0.05) is 23.1 Å². The zero-order valence-corrected chi connectivity index (χ0v) is 17.6. The first-order chi connectivity index (χ1) is 15.1. The summed E-state index contributed by atoms with van der Waals surface area (Å²) in [5.74, 6) is 0.296. The number of ether oxygens (including phenoxy) is 2. The largest absolute Gasteiger partial charge is 0.506 e. The second kappa shape index (κ2) is 9.81. The zero-order valence-electron chi connectivity index (χ0n) is 16.9. The van der Waals surface area contributed by atoms with Crippen LogP contribution in [0, 0.1) is 0 Å². The number of phenolic OH excluding ortho intramolecular Hbond substituents is 1. The smallest absolute Gasteiger partial charge is 0.271 e. The van der Waals surface area contributed by atoms with Gasteiger partial charge in [-0.05, 0) is 55.0 Å². The van der Waals surface area contributed by atoms with Gasteiger partial charge in [0.05, 0.1) is 17.3 Å². The van der Waals surface area contributed by atoms with Gasteiger partial charge < -0.3 is 14.6 Å². The van der Waals surface area contributed by atoms with E-state index in [0.29, 0.717) is 12.2 Å². The van der Waals surface area contributed by atoms with Crippen LogP contribution in [0.2, 0.25) is 5.02 Å². The van der Waals surface area contributed by atoms with Gasteiger partial charge in [-0.1, -0.05) is 35.9 Å². The Morgan fingerprint density at radius 2 is 2.03 bits per heavy atom. The summed E-state index contributed by atoms with van der Waals surface area (Å²) in [4.78, 5) is 12.3. The Kier molecular flexibility index (Phi) is 6.70. The molecule has 0 aromatic heterocycles. The fourth-order valence-electron chi connectivity index (χ4n) is 3.53. The van der Waals surface area contributed by atoms with E-state index in [0.717, 1.165) is 41.5 Å². The number of carbonyl (C=O) groups is 1. The second-order valence-electron chi connectivity index (χ2n) is 7.36. The molecular formula is C24H23ClN2O4. The number of carbonyl (C=O) groups excluding carboxylic acids is 1. The van der Waals surface area contributed by atoms with Crippen molar-refractivity contribution >= 4 is 34.5 Å². The Bertz CT molecular complexity index is 1110. The molecule has 0 saturated carbocycles. The van der Waals surface area contributed by atoms with E-state index in [4.69, 9.17) is 21.1 Å². The van der Waals surface area contributed by atoms with Crippen LogP contribution in [0.3, 0.4) is 0 Å². The molecule has 31 heavy (non-hydrogen) atoms. The van der Waals surface area contributed by atoms with E-state index in [9.17, 15) is 9.90 Å². The molecule has 1 amide bonds. The van der Waals surface area contributed by atoms with Crippen LogP contribution in [-0.2, 0) is 4.74 Å². The third-order valence-corrected chi connectivity index (χ3v) is 5.50. The van der Waals surface area contributed by atoms with E-state index in [2.05, 4.69) is 10.5 Å². The number of nitrogens with one attached hydrogen (secondary N) is 1. The van der Waals surface area contributed by atoms with E-state index >= 15 is 0 Å². The second-order valence-corrected chi connectivity index (χ2v) is 7.77. The van der Waals surface area contributed by atoms with Gasteiger partial charge in [0.15, 0.2) is 0 Å². The van der Waals surface area contributed by atoms with Gasteiger partial charge in [-0.15, -0.1) is 0 Å². The molecule has 1 saturated heterocycles. The number of phenols is 1. The summed E-state index contributed by atoms with van der Waals surface area (Å²) >= 11 is 5.86. The first-order valence-corrected chi connectivity index (χ1v) is 10.6. The van der Waals surface area contributed by atoms with Crippen LogP contribution in [0.5, 0.6) is 11.5 Å². The van der Waals surface area contributed by atoms with Crippen LogP contribution in [0.15, 0.2) is 59.7 Å². The number of rotatable bonds is 6. The molecule has 1 atom stereocenters. The lowest BCUT2D eigenvalue weighted by Gasteiger charge is -2.23. The number of nitrogens with zero attached hydrogens (tertiary/aromatic N) is 1. The summed E-state index contributed by atoms with van der Waals surface area (Å²) in [6.07, 6.45) is 5.04. The van der Waals surface area contributed by atoms with Gasteiger partial charge in [0.25, 0.3) is 5.91 Å². The highest BCUT2D eigenvalue weighted by Crippen LogP contribution is 2.29. The minimum absolute atomic E-state index is 0.0782. The Labute approximate surface area is 185 Å². The zero-order chi connectivity index (χ0) is 21.6. The van der Waals surface area contributed by atoms with Gasteiger partial charge in [-0.2, -0.15) is 5.10 Å². The molecule has 7 heteroatoms. The SMILES string of the molecule is O=C(NN=Cc1ccc(OCC2CCCCO2)c2ccccc12)c1ccc(O)c(Cl)c1. The molecule has 4 rings (SSSR count). The van der Waals surface area contributed by atoms with E-state index in [1.807, 2.05) is 36.4 Å². The lowest BCUT2D eigenvalue weighted by molar-refractivity contribution is -0.0107. The van der Waals surface area contributed by atoms with Crippen molar-refractivity contribution in [2.75, 3.05) is 13.2 Å². The molecule has 1 aliphatic heterocycles. The third-order valence-electron chi connectivity index (χ3n) is 5.20. The molecule has 3 aromatic carbocycles. The first kappa shape index (κ1) is 21.2. The lowest BCUT2D eigenvalue weighted by Crippen LogP contribution is -2.25. The van der Waals surface area contributed by atoms with Crippen LogP contribution in [-0.4, -0.2) is 36.5 Å². The number of amides is 1. The first-order valence-electron chi connectivity index (χ1n) is 10.2. The Morgan fingerprint density at radius 3 is 2.81 bits per heavy atom. The van der Waals surface area contributed by atoms with E-state index in [1.54, 1.807) is 6.21 Å². The van der Waals surface area contributed by atoms with Gasteiger partial charge in [0.1, 0.15) is 18.1 Å². The van der Waals surface area contributed by atoms with Gasteiger partial charge in [-0.3, -0.25) is 4.79 Å². The molecule has 0 radical (unpaired) electrons. The molecule has 0 spiro atoms. The highest BCUT2D eigenvalue weighted by Gasteiger charge is 2.15. The topological polar surface area (TPSA) is 80.2 Å². The third kappa shape index (κ3) is 5.16. The lowest BCUT2D eigenvalue weighted by atomic mass is 10.0. The van der Waals surface area contributed by atoms with Crippen molar-refractivity contribution in [3.63, 3.8) is 0 Å². The number of benzene rings is 3. The number of hydrogen-bond acceptors (Lipinski definition) is 5. The highest BCUT2D eigenvalue weighted by molar-refractivity contribution is 6.32. The molecule has 6 nitrogen and oxygen atoms in total. The molecule has 0 aliphatic carbocycles. The van der Waals surface area contributed by atoms with Crippen LogP contribution >= 0.6 is 11.6 Å². The van der Waals surface area contributed by atoms with Crippen molar-refractivity contribution in [3.8, 4) is 11.5 Å². The Balaban J connectivity index is 1.47. The summed E-state index contributed by atoms with van der Waals surface area (Å²) in [5.41, 5.74) is 3.64. The number of hydrazone groups is 1. The quantitative estimate of drug-likeness (QED) is 0.423. The molecule has 1 heterocycles. The van der Waals surface area contributed by atoms with Crippen LogP contribution < -0.4 is 10.2 Å². The number of aromatic hydroxyl groups is 1. The van der Waals surface area contributed by atoms with E-state index < -0.39 is 5.91 Å². The van der Waals surface area contributed by atoms with Crippen molar-refractivity contribution < 1.29 is 19.4 Å².